The average molecular weight is 197 g/mol. The van der Waals surface area contributed by atoms with Crippen LogP contribution in [0.15, 0.2) is 0 Å². The first-order valence-electron chi connectivity index (χ1n) is 6.14. The fraction of sp³-hybridized carbons (Fsp3) is 1.00. The van der Waals surface area contributed by atoms with Gasteiger partial charge in [-0.15, -0.1) is 0 Å². The van der Waals surface area contributed by atoms with Crippen LogP contribution < -0.4 is 5.32 Å². The highest BCUT2D eigenvalue weighted by atomic mass is 16.3. The van der Waals surface area contributed by atoms with Crippen molar-refractivity contribution >= 4 is 0 Å². The monoisotopic (exact) mass is 197 g/mol. The summed E-state index contributed by atoms with van der Waals surface area (Å²) in [6.07, 6.45) is 7.65. The van der Waals surface area contributed by atoms with Crippen molar-refractivity contribution in [2.45, 2.75) is 51.6 Å². The molecule has 2 rings (SSSR count). The second kappa shape index (κ2) is 4.19. The molecule has 2 aliphatic rings. The maximum atomic E-state index is 9.91. The molecule has 0 spiro atoms. The van der Waals surface area contributed by atoms with Crippen molar-refractivity contribution in [1.82, 2.24) is 5.32 Å². The smallest absolute Gasteiger partial charge is 0.0592 e. The van der Waals surface area contributed by atoms with Crippen molar-refractivity contribution in [1.29, 1.82) is 0 Å². The third kappa shape index (κ3) is 1.96. The van der Waals surface area contributed by atoms with Crippen LogP contribution in [0.1, 0.15) is 45.4 Å². The number of piperidine rings is 1. The maximum absolute atomic E-state index is 9.91. The van der Waals surface area contributed by atoms with Gasteiger partial charge in [0.25, 0.3) is 0 Å². The van der Waals surface area contributed by atoms with Crippen LogP contribution in [0.25, 0.3) is 0 Å². The molecule has 14 heavy (non-hydrogen) atoms. The molecule has 1 aliphatic carbocycles. The lowest BCUT2D eigenvalue weighted by molar-refractivity contribution is 0.0140. The molecular formula is C12H23NO. The first-order valence-corrected chi connectivity index (χ1v) is 6.14. The van der Waals surface area contributed by atoms with Gasteiger partial charge in [0.1, 0.15) is 0 Å². The van der Waals surface area contributed by atoms with E-state index in [1.165, 1.54) is 32.1 Å². The van der Waals surface area contributed by atoms with Crippen LogP contribution in [-0.4, -0.2) is 24.3 Å². The van der Waals surface area contributed by atoms with Crippen LogP contribution in [0.3, 0.4) is 0 Å². The zero-order chi connectivity index (χ0) is 10.0. The molecule has 0 aromatic carbocycles. The Hall–Kier alpha value is -0.0800. The van der Waals surface area contributed by atoms with E-state index >= 15 is 0 Å². The molecule has 2 unspecified atom stereocenters. The van der Waals surface area contributed by atoms with E-state index < -0.39 is 0 Å². The van der Waals surface area contributed by atoms with E-state index in [-0.39, 0.29) is 6.10 Å². The minimum atomic E-state index is -0.0414. The Morgan fingerprint density at radius 1 is 1.43 bits per heavy atom. The van der Waals surface area contributed by atoms with E-state index in [1.54, 1.807) is 0 Å². The van der Waals surface area contributed by atoms with Crippen molar-refractivity contribution in [3.8, 4) is 0 Å². The number of hydrogen-bond donors (Lipinski definition) is 2. The Morgan fingerprint density at radius 2 is 2.21 bits per heavy atom. The molecule has 2 nitrogen and oxygen atoms in total. The quantitative estimate of drug-likeness (QED) is 0.724. The van der Waals surface area contributed by atoms with Crippen LogP contribution in [0.4, 0.5) is 0 Å². The Labute approximate surface area is 87.1 Å². The number of aliphatic hydroxyl groups excluding tert-OH is 1. The fourth-order valence-corrected chi connectivity index (χ4v) is 3.05. The third-order valence-corrected chi connectivity index (χ3v) is 4.43. The number of rotatable bonds is 3. The highest BCUT2D eigenvalue weighted by molar-refractivity contribution is 4.91. The second-order valence-corrected chi connectivity index (χ2v) is 5.23. The van der Waals surface area contributed by atoms with Gasteiger partial charge in [0, 0.05) is 6.54 Å². The van der Waals surface area contributed by atoms with Crippen molar-refractivity contribution in [3.05, 3.63) is 0 Å². The van der Waals surface area contributed by atoms with E-state index in [4.69, 9.17) is 0 Å². The highest BCUT2D eigenvalue weighted by Gasteiger charge is 2.39. The number of nitrogens with one attached hydrogen (secondary N) is 1. The first-order chi connectivity index (χ1) is 6.76. The van der Waals surface area contributed by atoms with Gasteiger partial charge < -0.3 is 10.4 Å². The largest absolute Gasteiger partial charge is 0.393 e. The Kier molecular flexibility index (Phi) is 3.13. The van der Waals surface area contributed by atoms with E-state index in [0.717, 1.165) is 19.5 Å². The molecule has 82 valence electrons. The summed E-state index contributed by atoms with van der Waals surface area (Å²) in [6, 6.07) is 0. The molecule has 0 aromatic heterocycles. The average Bonchev–Trinajstić information content (AvgIpc) is 2.14. The molecule has 2 N–H and O–H groups in total. The third-order valence-electron chi connectivity index (χ3n) is 4.43. The fourth-order valence-electron chi connectivity index (χ4n) is 3.05. The molecule has 2 atom stereocenters. The van der Waals surface area contributed by atoms with Gasteiger partial charge in [-0.2, -0.15) is 0 Å². The van der Waals surface area contributed by atoms with Gasteiger partial charge in [-0.05, 0) is 43.6 Å². The summed E-state index contributed by atoms with van der Waals surface area (Å²) in [4.78, 5) is 0. The number of hydrogen-bond acceptors (Lipinski definition) is 2. The SMILES string of the molecule is CCC1(CC2CNCCC2O)CCC1. The lowest BCUT2D eigenvalue weighted by Gasteiger charge is -2.45. The predicted molar refractivity (Wildman–Crippen MR) is 58.2 cm³/mol. The molecule has 2 heteroatoms. The van der Waals surface area contributed by atoms with Crippen molar-refractivity contribution < 1.29 is 5.11 Å². The van der Waals surface area contributed by atoms with E-state index in [1.807, 2.05) is 0 Å². The summed E-state index contributed by atoms with van der Waals surface area (Å²) >= 11 is 0. The summed E-state index contributed by atoms with van der Waals surface area (Å²) in [5.74, 6) is 0.518. The van der Waals surface area contributed by atoms with Crippen LogP contribution >= 0.6 is 0 Å². The topological polar surface area (TPSA) is 32.3 Å². The van der Waals surface area contributed by atoms with Crippen molar-refractivity contribution in [2.75, 3.05) is 13.1 Å². The normalized spacial score (nSPS) is 36.4. The maximum Gasteiger partial charge on any atom is 0.0592 e. The number of aliphatic hydroxyl groups is 1. The lowest BCUT2D eigenvalue weighted by atomic mass is 9.62. The Morgan fingerprint density at radius 3 is 2.71 bits per heavy atom. The first kappa shape index (κ1) is 10.4. The van der Waals surface area contributed by atoms with Gasteiger partial charge >= 0.3 is 0 Å². The summed E-state index contributed by atoms with van der Waals surface area (Å²) < 4.78 is 0. The van der Waals surface area contributed by atoms with E-state index in [9.17, 15) is 5.11 Å². The second-order valence-electron chi connectivity index (χ2n) is 5.23. The van der Waals surface area contributed by atoms with Gasteiger partial charge in [0.15, 0.2) is 0 Å². The minimum Gasteiger partial charge on any atom is -0.393 e. The summed E-state index contributed by atoms with van der Waals surface area (Å²) in [5, 5.41) is 13.3. The van der Waals surface area contributed by atoms with Crippen LogP contribution in [0.5, 0.6) is 0 Å². The standard InChI is InChI=1S/C12H23NO/c1-2-12(5-3-6-12)8-10-9-13-7-4-11(10)14/h10-11,13-14H,2-9H2,1H3. The summed E-state index contributed by atoms with van der Waals surface area (Å²) in [7, 11) is 0. The predicted octanol–water partition coefficient (Wildman–Crippen LogP) is 1.93. The summed E-state index contributed by atoms with van der Waals surface area (Å²) in [6.45, 7) is 4.33. The van der Waals surface area contributed by atoms with Gasteiger partial charge in [-0.25, -0.2) is 0 Å². The van der Waals surface area contributed by atoms with E-state index in [2.05, 4.69) is 12.2 Å². The molecule has 0 aromatic rings. The molecule has 1 aliphatic heterocycles. The van der Waals surface area contributed by atoms with Crippen molar-refractivity contribution in [2.24, 2.45) is 11.3 Å². The molecule has 0 radical (unpaired) electrons. The Balaban J connectivity index is 1.88. The van der Waals surface area contributed by atoms with Gasteiger partial charge in [-0.1, -0.05) is 19.8 Å². The Bertz CT molecular complexity index is 183. The molecule has 2 fully saturated rings. The van der Waals surface area contributed by atoms with Crippen LogP contribution in [0.2, 0.25) is 0 Å². The molecule has 1 saturated heterocycles. The van der Waals surface area contributed by atoms with E-state index in [0.29, 0.717) is 11.3 Å². The lowest BCUT2D eigenvalue weighted by Crippen LogP contribution is -2.44. The zero-order valence-corrected chi connectivity index (χ0v) is 9.26. The minimum absolute atomic E-state index is 0.0414. The van der Waals surface area contributed by atoms with Gasteiger partial charge in [0.2, 0.25) is 0 Å². The zero-order valence-electron chi connectivity index (χ0n) is 9.26. The van der Waals surface area contributed by atoms with Crippen molar-refractivity contribution in [3.63, 3.8) is 0 Å². The van der Waals surface area contributed by atoms with Gasteiger partial charge in [0.05, 0.1) is 6.10 Å². The highest BCUT2D eigenvalue weighted by Crippen LogP contribution is 2.49. The van der Waals surface area contributed by atoms with Crippen LogP contribution in [0, 0.1) is 11.3 Å². The molecular weight excluding hydrogens is 174 g/mol. The summed E-state index contributed by atoms with van der Waals surface area (Å²) in [5.41, 5.74) is 0.602. The van der Waals surface area contributed by atoms with Gasteiger partial charge in [-0.3, -0.25) is 0 Å². The molecule has 0 bridgehead atoms. The molecule has 1 saturated carbocycles. The molecule has 1 heterocycles. The van der Waals surface area contributed by atoms with Crippen LogP contribution in [-0.2, 0) is 0 Å². The molecule has 0 amide bonds.